The van der Waals surface area contributed by atoms with Gasteiger partial charge in [0, 0.05) is 10.0 Å². The van der Waals surface area contributed by atoms with Gasteiger partial charge in [-0.25, -0.2) is 4.39 Å². The van der Waals surface area contributed by atoms with Crippen LogP contribution in [-0.2, 0) is 6.61 Å². The summed E-state index contributed by atoms with van der Waals surface area (Å²) in [6.07, 6.45) is 0. The van der Waals surface area contributed by atoms with E-state index in [4.69, 9.17) is 10.00 Å². The first-order valence-corrected chi connectivity index (χ1v) is 6.47. The molecule has 2 aromatic carbocycles. The topological polar surface area (TPSA) is 33.0 Å². The van der Waals surface area contributed by atoms with Crippen LogP contribution in [0.4, 0.5) is 4.39 Å². The molecular weight excluding hydrogens is 309 g/mol. The Labute approximate surface area is 119 Å². The van der Waals surface area contributed by atoms with Crippen LogP contribution in [0.2, 0.25) is 0 Å². The van der Waals surface area contributed by atoms with Crippen molar-refractivity contribution in [3.63, 3.8) is 0 Å². The van der Waals surface area contributed by atoms with Gasteiger partial charge in [-0.15, -0.1) is 0 Å². The highest BCUT2D eigenvalue weighted by Crippen LogP contribution is 2.23. The molecule has 0 atom stereocenters. The lowest BCUT2D eigenvalue weighted by Crippen LogP contribution is -2.00. The van der Waals surface area contributed by atoms with Crippen molar-refractivity contribution in [3.8, 4) is 11.8 Å². The maximum Gasteiger partial charge on any atom is 0.123 e. The molecule has 0 radical (unpaired) electrons. The van der Waals surface area contributed by atoms with Crippen LogP contribution >= 0.6 is 15.9 Å². The molecule has 0 amide bonds. The molecule has 0 bridgehead atoms. The zero-order chi connectivity index (χ0) is 13.8. The molecule has 96 valence electrons. The third-order valence-corrected chi connectivity index (χ3v) is 3.20. The van der Waals surface area contributed by atoms with Gasteiger partial charge in [-0.05, 0) is 48.9 Å². The summed E-state index contributed by atoms with van der Waals surface area (Å²) in [5.41, 5.74) is 1.95. The fourth-order valence-electron chi connectivity index (χ4n) is 1.72. The van der Waals surface area contributed by atoms with Crippen molar-refractivity contribution in [1.29, 1.82) is 5.26 Å². The van der Waals surface area contributed by atoms with E-state index in [1.807, 2.05) is 31.2 Å². The lowest BCUT2D eigenvalue weighted by Gasteiger charge is -2.10. The number of nitriles is 1. The van der Waals surface area contributed by atoms with Gasteiger partial charge in [-0.1, -0.05) is 15.9 Å². The molecule has 19 heavy (non-hydrogen) atoms. The van der Waals surface area contributed by atoms with Gasteiger partial charge in [0.25, 0.3) is 0 Å². The molecule has 4 heteroatoms. The van der Waals surface area contributed by atoms with E-state index in [0.717, 1.165) is 15.8 Å². The minimum atomic E-state index is -0.370. The van der Waals surface area contributed by atoms with E-state index < -0.39 is 0 Å². The van der Waals surface area contributed by atoms with E-state index in [-0.39, 0.29) is 12.4 Å². The van der Waals surface area contributed by atoms with Crippen LogP contribution in [0, 0.1) is 24.1 Å². The van der Waals surface area contributed by atoms with E-state index in [9.17, 15) is 4.39 Å². The zero-order valence-electron chi connectivity index (χ0n) is 10.3. The maximum absolute atomic E-state index is 13.2. The molecular formula is C15H11BrFNO. The molecule has 0 aliphatic carbocycles. The average Bonchev–Trinajstić information content (AvgIpc) is 2.38. The summed E-state index contributed by atoms with van der Waals surface area (Å²) < 4.78 is 19.8. The second-order valence-electron chi connectivity index (χ2n) is 4.11. The molecule has 0 fully saturated rings. The predicted octanol–water partition coefficient (Wildman–Crippen LogP) is 4.35. The Hall–Kier alpha value is -1.86. The second-order valence-corrected chi connectivity index (χ2v) is 5.03. The minimum Gasteiger partial charge on any atom is -0.489 e. The van der Waals surface area contributed by atoms with E-state index >= 15 is 0 Å². The number of ether oxygens (including phenoxy) is 1. The van der Waals surface area contributed by atoms with E-state index in [1.54, 1.807) is 0 Å². The van der Waals surface area contributed by atoms with E-state index in [1.165, 1.54) is 18.2 Å². The Morgan fingerprint density at radius 3 is 2.74 bits per heavy atom. The average molecular weight is 320 g/mol. The minimum absolute atomic E-state index is 0.170. The van der Waals surface area contributed by atoms with Gasteiger partial charge in [0.15, 0.2) is 0 Å². The van der Waals surface area contributed by atoms with Crippen LogP contribution in [0.3, 0.4) is 0 Å². The van der Waals surface area contributed by atoms with Crippen molar-refractivity contribution in [2.45, 2.75) is 13.5 Å². The van der Waals surface area contributed by atoms with Crippen molar-refractivity contribution in [2.24, 2.45) is 0 Å². The van der Waals surface area contributed by atoms with Crippen LogP contribution in [-0.4, -0.2) is 0 Å². The van der Waals surface area contributed by atoms with Crippen LogP contribution < -0.4 is 4.74 Å². The lowest BCUT2D eigenvalue weighted by molar-refractivity contribution is 0.303. The van der Waals surface area contributed by atoms with Gasteiger partial charge < -0.3 is 4.74 Å². The molecule has 0 aromatic heterocycles. The monoisotopic (exact) mass is 319 g/mol. The standard InChI is InChI=1S/C15H11BrFNO/c1-10-6-13(16)3-5-15(10)19-9-12-7-14(17)4-2-11(12)8-18/h2-7H,9H2,1H3. The first-order chi connectivity index (χ1) is 9.10. The fourth-order valence-corrected chi connectivity index (χ4v) is 2.20. The van der Waals surface area contributed by atoms with Crippen LogP contribution in [0.25, 0.3) is 0 Å². The van der Waals surface area contributed by atoms with Crippen molar-refractivity contribution < 1.29 is 9.13 Å². The van der Waals surface area contributed by atoms with E-state index in [2.05, 4.69) is 15.9 Å². The molecule has 0 aliphatic rings. The molecule has 0 unspecified atom stereocenters. The molecule has 0 heterocycles. The summed E-state index contributed by atoms with van der Waals surface area (Å²) in [6, 6.07) is 11.7. The Bertz CT molecular complexity index is 649. The number of halogens is 2. The normalized spacial score (nSPS) is 10.0. The maximum atomic E-state index is 13.2. The highest BCUT2D eigenvalue weighted by molar-refractivity contribution is 9.10. The van der Waals surface area contributed by atoms with Crippen molar-refractivity contribution in [2.75, 3.05) is 0 Å². The Morgan fingerprint density at radius 1 is 1.26 bits per heavy atom. The number of benzene rings is 2. The zero-order valence-corrected chi connectivity index (χ0v) is 11.9. The van der Waals surface area contributed by atoms with Crippen LogP contribution in [0.15, 0.2) is 40.9 Å². The summed E-state index contributed by atoms with van der Waals surface area (Å²) in [4.78, 5) is 0. The number of hydrogen-bond acceptors (Lipinski definition) is 2. The second kappa shape index (κ2) is 5.85. The molecule has 2 rings (SSSR count). The molecule has 0 N–H and O–H groups in total. The first-order valence-electron chi connectivity index (χ1n) is 5.67. The lowest BCUT2D eigenvalue weighted by atomic mass is 10.1. The summed E-state index contributed by atoms with van der Waals surface area (Å²) in [7, 11) is 0. The van der Waals surface area contributed by atoms with Crippen LogP contribution in [0.1, 0.15) is 16.7 Å². The summed E-state index contributed by atoms with van der Waals surface area (Å²) in [6.45, 7) is 2.10. The highest BCUT2D eigenvalue weighted by Gasteiger charge is 2.06. The van der Waals surface area contributed by atoms with Gasteiger partial charge in [-0.3, -0.25) is 0 Å². The molecule has 0 saturated carbocycles. The summed E-state index contributed by atoms with van der Waals surface area (Å²) >= 11 is 3.38. The van der Waals surface area contributed by atoms with Gasteiger partial charge in [0.1, 0.15) is 18.2 Å². The Kier molecular flexibility index (Phi) is 4.18. The number of hydrogen-bond donors (Lipinski definition) is 0. The first kappa shape index (κ1) is 13.6. The molecule has 0 spiro atoms. The third-order valence-electron chi connectivity index (χ3n) is 2.71. The van der Waals surface area contributed by atoms with E-state index in [0.29, 0.717) is 11.1 Å². The fraction of sp³-hybridized carbons (Fsp3) is 0.133. The summed E-state index contributed by atoms with van der Waals surface area (Å²) in [5.74, 6) is 0.349. The number of nitrogens with zero attached hydrogens (tertiary/aromatic N) is 1. The van der Waals surface area contributed by atoms with Crippen molar-refractivity contribution >= 4 is 15.9 Å². The predicted molar refractivity (Wildman–Crippen MR) is 74.3 cm³/mol. The Balaban J connectivity index is 2.19. The van der Waals surface area contributed by atoms with Gasteiger partial charge in [0.05, 0.1) is 11.6 Å². The summed E-state index contributed by atoms with van der Waals surface area (Å²) in [5, 5.41) is 8.96. The van der Waals surface area contributed by atoms with Gasteiger partial charge in [0.2, 0.25) is 0 Å². The molecule has 2 aromatic rings. The Morgan fingerprint density at radius 2 is 2.05 bits per heavy atom. The highest BCUT2D eigenvalue weighted by atomic mass is 79.9. The molecule has 0 saturated heterocycles. The van der Waals surface area contributed by atoms with Crippen molar-refractivity contribution in [1.82, 2.24) is 0 Å². The smallest absolute Gasteiger partial charge is 0.123 e. The van der Waals surface area contributed by atoms with Gasteiger partial charge >= 0.3 is 0 Å². The van der Waals surface area contributed by atoms with Crippen molar-refractivity contribution in [3.05, 3.63) is 63.4 Å². The van der Waals surface area contributed by atoms with Crippen LogP contribution in [0.5, 0.6) is 5.75 Å². The SMILES string of the molecule is Cc1cc(Br)ccc1OCc1cc(F)ccc1C#N. The largest absolute Gasteiger partial charge is 0.489 e. The van der Waals surface area contributed by atoms with Gasteiger partial charge in [-0.2, -0.15) is 5.26 Å². The molecule has 2 nitrogen and oxygen atoms in total. The molecule has 0 aliphatic heterocycles. The number of rotatable bonds is 3. The number of aryl methyl sites for hydroxylation is 1. The quantitative estimate of drug-likeness (QED) is 0.842. The third kappa shape index (κ3) is 3.33.